The summed E-state index contributed by atoms with van der Waals surface area (Å²) >= 11 is 7.82. The SMILES string of the molecule is CS(=O)(=O)N(Cc1ccc(F)cc1)c1ccc(C(=O)NCCSCc2ccccc2Cl)cc1. The van der Waals surface area contributed by atoms with E-state index in [1.54, 1.807) is 48.2 Å². The van der Waals surface area contributed by atoms with Crippen molar-refractivity contribution in [3.63, 3.8) is 0 Å². The Balaban J connectivity index is 1.55. The molecule has 3 rings (SSSR count). The van der Waals surface area contributed by atoms with Crippen molar-refractivity contribution in [3.8, 4) is 0 Å². The second kappa shape index (κ2) is 11.5. The molecule has 5 nitrogen and oxygen atoms in total. The third-order valence-electron chi connectivity index (χ3n) is 4.80. The molecule has 174 valence electrons. The Morgan fingerprint density at radius 1 is 1.03 bits per heavy atom. The monoisotopic (exact) mass is 506 g/mol. The fraction of sp³-hybridized carbons (Fsp3) is 0.208. The molecule has 9 heteroatoms. The van der Waals surface area contributed by atoms with Gasteiger partial charge >= 0.3 is 0 Å². The van der Waals surface area contributed by atoms with Crippen molar-refractivity contribution < 1.29 is 17.6 Å². The van der Waals surface area contributed by atoms with Gasteiger partial charge in [-0.1, -0.05) is 41.9 Å². The highest BCUT2D eigenvalue weighted by molar-refractivity contribution is 7.98. The molecule has 0 saturated carbocycles. The van der Waals surface area contributed by atoms with E-state index < -0.39 is 10.0 Å². The molecule has 0 aromatic heterocycles. The first-order chi connectivity index (χ1) is 15.7. The fourth-order valence-corrected chi connectivity index (χ4v) is 5.10. The highest BCUT2D eigenvalue weighted by Crippen LogP contribution is 2.22. The topological polar surface area (TPSA) is 66.5 Å². The number of nitrogens with zero attached hydrogens (tertiary/aromatic N) is 1. The predicted octanol–water partition coefficient (Wildman–Crippen LogP) is 5.11. The van der Waals surface area contributed by atoms with E-state index in [9.17, 15) is 17.6 Å². The number of carbonyl (C=O) groups excluding carboxylic acids is 1. The van der Waals surface area contributed by atoms with Crippen LogP contribution in [0, 0.1) is 5.82 Å². The number of amides is 1. The summed E-state index contributed by atoms with van der Waals surface area (Å²) in [5.41, 5.74) is 2.57. The second-order valence-corrected chi connectivity index (χ2v) is 10.8. The third kappa shape index (κ3) is 7.48. The Kier molecular flexibility index (Phi) is 8.77. The molecule has 0 atom stereocenters. The van der Waals surface area contributed by atoms with E-state index >= 15 is 0 Å². The van der Waals surface area contributed by atoms with Crippen LogP contribution in [0.3, 0.4) is 0 Å². The van der Waals surface area contributed by atoms with Gasteiger partial charge in [0.2, 0.25) is 10.0 Å². The molecule has 0 radical (unpaired) electrons. The van der Waals surface area contributed by atoms with Crippen LogP contribution in [-0.2, 0) is 22.3 Å². The van der Waals surface area contributed by atoms with Crippen molar-refractivity contribution in [3.05, 3.63) is 100 Å². The zero-order chi connectivity index (χ0) is 23.8. The van der Waals surface area contributed by atoms with Crippen LogP contribution in [0.2, 0.25) is 5.02 Å². The minimum absolute atomic E-state index is 0.0628. The minimum Gasteiger partial charge on any atom is -0.351 e. The molecule has 1 amide bonds. The van der Waals surface area contributed by atoms with Crippen LogP contribution in [0.15, 0.2) is 72.8 Å². The number of sulfonamides is 1. The summed E-state index contributed by atoms with van der Waals surface area (Å²) in [7, 11) is -3.58. The zero-order valence-corrected chi connectivity index (χ0v) is 20.4. The molecule has 0 spiro atoms. The lowest BCUT2D eigenvalue weighted by Gasteiger charge is -2.22. The second-order valence-electron chi connectivity index (χ2n) is 7.34. The molecule has 1 N–H and O–H groups in total. The molecular formula is C24H24ClFN2O3S2. The number of thioether (sulfide) groups is 1. The standard InChI is InChI=1S/C24H24ClFN2O3S2/c1-33(30,31)28(16-18-6-10-21(26)11-7-18)22-12-8-19(9-13-22)24(29)27-14-15-32-17-20-4-2-3-5-23(20)25/h2-13H,14-17H2,1H3,(H,27,29). The van der Waals surface area contributed by atoms with Gasteiger partial charge in [0, 0.05) is 28.6 Å². The summed E-state index contributed by atoms with van der Waals surface area (Å²) in [6.45, 7) is 0.559. The molecule has 33 heavy (non-hydrogen) atoms. The van der Waals surface area contributed by atoms with Crippen LogP contribution >= 0.6 is 23.4 Å². The summed E-state index contributed by atoms with van der Waals surface area (Å²) in [6, 6.07) is 19.7. The summed E-state index contributed by atoms with van der Waals surface area (Å²) < 4.78 is 39.0. The van der Waals surface area contributed by atoms with E-state index in [1.165, 1.54) is 16.4 Å². The Hall–Kier alpha value is -2.55. The van der Waals surface area contributed by atoms with Crippen LogP contribution in [0.4, 0.5) is 10.1 Å². The Labute approximate surface area is 203 Å². The summed E-state index contributed by atoms with van der Waals surface area (Å²) in [6.07, 6.45) is 1.11. The van der Waals surface area contributed by atoms with Gasteiger partial charge in [-0.05, 0) is 53.6 Å². The van der Waals surface area contributed by atoms with Gasteiger partial charge in [0.05, 0.1) is 18.5 Å². The van der Waals surface area contributed by atoms with Crippen molar-refractivity contribution in [2.24, 2.45) is 0 Å². The quantitative estimate of drug-likeness (QED) is 0.388. The molecule has 0 aliphatic carbocycles. The van der Waals surface area contributed by atoms with Crippen molar-refractivity contribution in [1.82, 2.24) is 5.32 Å². The van der Waals surface area contributed by atoms with Gasteiger partial charge in [-0.25, -0.2) is 12.8 Å². The first-order valence-corrected chi connectivity index (χ1v) is 13.5. The maximum Gasteiger partial charge on any atom is 0.251 e. The molecule has 0 aliphatic rings. The molecule has 0 aliphatic heterocycles. The van der Waals surface area contributed by atoms with E-state index in [4.69, 9.17) is 11.6 Å². The van der Waals surface area contributed by atoms with Gasteiger partial charge in [0.1, 0.15) is 5.82 Å². The highest BCUT2D eigenvalue weighted by Gasteiger charge is 2.18. The first-order valence-electron chi connectivity index (χ1n) is 10.2. The van der Waals surface area contributed by atoms with Gasteiger partial charge < -0.3 is 5.32 Å². The maximum atomic E-state index is 13.2. The molecule has 0 heterocycles. The van der Waals surface area contributed by atoms with Gasteiger partial charge in [0.25, 0.3) is 5.91 Å². The van der Waals surface area contributed by atoms with Gasteiger partial charge in [-0.15, -0.1) is 0 Å². The number of carbonyl (C=O) groups is 1. The van der Waals surface area contributed by atoms with Crippen molar-refractivity contribution in [2.75, 3.05) is 22.9 Å². The summed E-state index contributed by atoms with van der Waals surface area (Å²) in [5.74, 6) is 0.875. The number of hydrogen-bond donors (Lipinski definition) is 1. The molecule has 0 saturated heterocycles. The van der Waals surface area contributed by atoms with E-state index in [1.807, 2.05) is 24.3 Å². The molecule has 0 fully saturated rings. The number of hydrogen-bond acceptors (Lipinski definition) is 4. The number of halogens is 2. The van der Waals surface area contributed by atoms with Crippen molar-refractivity contribution in [1.29, 1.82) is 0 Å². The molecule has 0 unspecified atom stereocenters. The lowest BCUT2D eigenvalue weighted by molar-refractivity contribution is 0.0956. The molecule has 0 bridgehead atoms. The highest BCUT2D eigenvalue weighted by atomic mass is 35.5. The number of benzene rings is 3. The maximum absolute atomic E-state index is 13.2. The Bertz CT molecular complexity index is 1190. The van der Waals surface area contributed by atoms with Crippen LogP contribution in [0.1, 0.15) is 21.5 Å². The van der Waals surface area contributed by atoms with Gasteiger partial charge in [0.15, 0.2) is 0 Å². The van der Waals surface area contributed by atoms with E-state index in [2.05, 4.69) is 5.32 Å². The lowest BCUT2D eigenvalue weighted by atomic mass is 10.1. The lowest BCUT2D eigenvalue weighted by Crippen LogP contribution is -2.29. The minimum atomic E-state index is -3.58. The Morgan fingerprint density at radius 2 is 1.70 bits per heavy atom. The molecular weight excluding hydrogens is 483 g/mol. The zero-order valence-electron chi connectivity index (χ0n) is 18.0. The smallest absolute Gasteiger partial charge is 0.251 e. The predicted molar refractivity (Wildman–Crippen MR) is 134 cm³/mol. The van der Waals surface area contributed by atoms with Gasteiger partial charge in [-0.3, -0.25) is 9.10 Å². The van der Waals surface area contributed by atoms with Crippen molar-refractivity contribution in [2.45, 2.75) is 12.3 Å². The normalized spacial score (nSPS) is 11.2. The van der Waals surface area contributed by atoms with Crippen molar-refractivity contribution >= 4 is 45.0 Å². The number of rotatable bonds is 10. The number of nitrogens with one attached hydrogen (secondary N) is 1. The van der Waals surface area contributed by atoms with Crippen LogP contribution in [-0.4, -0.2) is 32.9 Å². The summed E-state index contributed by atoms with van der Waals surface area (Å²) in [4.78, 5) is 12.4. The first kappa shape index (κ1) is 25.1. The number of anilines is 1. The third-order valence-corrected chi connectivity index (χ3v) is 7.32. The largest absolute Gasteiger partial charge is 0.351 e. The Morgan fingerprint density at radius 3 is 2.33 bits per heavy atom. The molecule has 3 aromatic carbocycles. The average Bonchev–Trinajstić information content (AvgIpc) is 2.79. The average molecular weight is 507 g/mol. The van der Waals surface area contributed by atoms with Crippen LogP contribution in [0.5, 0.6) is 0 Å². The van der Waals surface area contributed by atoms with E-state index in [-0.39, 0.29) is 18.3 Å². The van der Waals surface area contributed by atoms with E-state index in [0.29, 0.717) is 23.4 Å². The molecule has 3 aromatic rings. The van der Waals surface area contributed by atoms with Crippen LogP contribution in [0.25, 0.3) is 0 Å². The fourth-order valence-electron chi connectivity index (χ4n) is 3.07. The summed E-state index contributed by atoms with van der Waals surface area (Å²) in [5, 5.41) is 3.60. The van der Waals surface area contributed by atoms with Gasteiger partial charge in [-0.2, -0.15) is 11.8 Å². The van der Waals surface area contributed by atoms with Crippen LogP contribution < -0.4 is 9.62 Å². The van der Waals surface area contributed by atoms with E-state index in [0.717, 1.165) is 28.3 Å².